The summed E-state index contributed by atoms with van der Waals surface area (Å²) in [6.45, 7) is -0.346. The summed E-state index contributed by atoms with van der Waals surface area (Å²) in [5.41, 5.74) is 6.23. The van der Waals surface area contributed by atoms with Crippen LogP contribution in [-0.4, -0.2) is 32.0 Å². The van der Waals surface area contributed by atoms with Gasteiger partial charge in [-0.3, -0.25) is 0 Å². The number of halogens is 3. The van der Waals surface area contributed by atoms with Crippen molar-refractivity contribution in [3.05, 3.63) is 29.8 Å². The number of rotatable bonds is 5. The minimum Gasteiger partial charge on any atom is -0.399 e. The molecular formula is C11H15F3N2O2S. The molecule has 0 amide bonds. The van der Waals surface area contributed by atoms with Gasteiger partial charge in [-0.2, -0.15) is 17.5 Å². The second-order valence-electron chi connectivity index (χ2n) is 4.04. The quantitative estimate of drug-likeness (QED) is 0.845. The number of nitrogens with zero attached hydrogens (tertiary/aromatic N) is 1. The highest BCUT2D eigenvalue weighted by molar-refractivity contribution is 7.88. The Bertz CT molecular complexity index is 529. The topological polar surface area (TPSA) is 63.4 Å². The third kappa shape index (κ3) is 5.07. The van der Waals surface area contributed by atoms with E-state index >= 15 is 0 Å². The molecule has 4 nitrogen and oxygen atoms in total. The lowest BCUT2D eigenvalue weighted by Crippen LogP contribution is -2.39. The second-order valence-corrected chi connectivity index (χ2v) is 6.01. The van der Waals surface area contributed by atoms with Gasteiger partial charge in [-0.05, 0) is 17.7 Å². The zero-order valence-electron chi connectivity index (χ0n) is 10.3. The SMILES string of the molecule is CCN(CC(F)(F)F)S(=O)(=O)Cc1cccc(N)c1. The molecular weight excluding hydrogens is 281 g/mol. The molecule has 0 aliphatic rings. The van der Waals surface area contributed by atoms with Gasteiger partial charge in [-0.25, -0.2) is 8.42 Å². The Labute approximate surface area is 110 Å². The van der Waals surface area contributed by atoms with E-state index in [-0.39, 0.29) is 6.54 Å². The van der Waals surface area contributed by atoms with Crippen molar-refractivity contribution in [2.24, 2.45) is 0 Å². The van der Waals surface area contributed by atoms with Gasteiger partial charge in [0.15, 0.2) is 0 Å². The number of alkyl halides is 3. The van der Waals surface area contributed by atoms with Gasteiger partial charge in [-0.15, -0.1) is 0 Å². The maximum Gasteiger partial charge on any atom is 0.402 e. The molecule has 1 aromatic carbocycles. The monoisotopic (exact) mass is 296 g/mol. The summed E-state index contributed by atoms with van der Waals surface area (Å²) in [7, 11) is -4.02. The van der Waals surface area contributed by atoms with Crippen molar-refractivity contribution < 1.29 is 21.6 Å². The number of nitrogens with two attached hydrogens (primary N) is 1. The second kappa shape index (κ2) is 5.79. The molecule has 0 saturated carbocycles. The molecule has 0 heterocycles. The fraction of sp³-hybridized carbons (Fsp3) is 0.455. The highest BCUT2D eigenvalue weighted by atomic mass is 32.2. The van der Waals surface area contributed by atoms with Gasteiger partial charge in [0, 0.05) is 12.2 Å². The van der Waals surface area contributed by atoms with Gasteiger partial charge in [-0.1, -0.05) is 19.1 Å². The standard InChI is InChI=1S/C11H15F3N2O2S/c1-2-16(8-11(12,13)14)19(17,18)7-9-4-3-5-10(15)6-9/h3-6H,2,7-8,15H2,1H3. The van der Waals surface area contributed by atoms with Crippen molar-refractivity contribution in [2.75, 3.05) is 18.8 Å². The molecule has 0 aliphatic heterocycles. The molecule has 1 rings (SSSR count). The first-order valence-corrected chi connectivity index (χ1v) is 7.14. The minimum absolute atomic E-state index is 0.232. The Hall–Kier alpha value is -1.28. The zero-order chi connectivity index (χ0) is 14.7. The lowest BCUT2D eigenvalue weighted by Gasteiger charge is -2.21. The van der Waals surface area contributed by atoms with Crippen molar-refractivity contribution in [3.63, 3.8) is 0 Å². The van der Waals surface area contributed by atoms with Crippen LogP contribution in [0.15, 0.2) is 24.3 Å². The number of benzene rings is 1. The van der Waals surface area contributed by atoms with Crippen LogP contribution in [0.25, 0.3) is 0 Å². The predicted octanol–water partition coefficient (Wildman–Crippen LogP) is 1.98. The molecule has 0 radical (unpaired) electrons. The summed E-state index contributed by atoms with van der Waals surface area (Å²) < 4.78 is 61.1. The summed E-state index contributed by atoms with van der Waals surface area (Å²) in [6, 6.07) is 6.07. The third-order valence-corrected chi connectivity index (χ3v) is 4.27. The van der Waals surface area contributed by atoms with E-state index in [1.54, 1.807) is 12.1 Å². The van der Waals surface area contributed by atoms with E-state index in [0.717, 1.165) is 0 Å². The Balaban J connectivity index is 2.90. The molecule has 0 spiro atoms. The van der Waals surface area contributed by atoms with Gasteiger partial charge >= 0.3 is 6.18 Å². The first-order valence-electron chi connectivity index (χ1n) is 5.53. The largest absolute Gasteiger partial charge is 0.402 e. The Morgan fingerprint density at radius 3 is 2.42 bits per heavy atom. The van der Waals surface area contributed by atoms with Crippen LogP contribution in [0.5, 0.6) is 0 Å². The van der Waals surface area contributed by atoms with Crippen LogP contribution in [0.2, 0.25) is 0 Å². The average molecular weight is 296 g/mol. The van der Waals surface area contributed by atoms with Crippen molar-refractivity contribution in [3.8, 4) is 0 Å². The van der Waals surface area contributed by atoms with E-state index in [9.17, 15) is 21.6 Å². The minimum atomic E-state index is -4.56. The number of anilines is 1. The van der Waals surface area contributed by atoms with Crippen LogP contribution < -0.4 is 5.73 Å². The molecule has 8 heteroatoms. The van der Waals surface area contributed by atoms with Gasteiger partial charge in [0.05, 0.1) is 5.75 Å². The summed E-state index contributed by atoms with van der Waals surface area (Å²) in [6.07, 6.45) is -4.56. The smallest absolute Gasteiger partial charge is 0.399 e. The number of hydrogen-bond acceptors (Lipinski definition) is 3. The molecule has 108 valence electrons. The van der Waals surface area contributed by atoms with Crippen molar-refractivity contribution in [2.45, 2.75) is 18.9 Å². The van der Waals surface area contributed by atoms with Crippen LogP contribution in [0.3, 0.4) is 0 Å². The highest BCUT2D eigenvalue weighted by Gasteiger charge is 2.35. The van der Waals surface area contributed by atoms with Crippen molar-refractivity contribution in [1.29, 1.82) is 0 Å². The lowest BCUT2D eigenvalue weighted by atomic mass is 10.2. The number of hydrogen-bond donors (Lipinski definition) is 1. The van der Waals surface area contributed by atoms with Crippen LogP contribution in [0.1, 0.15) is 12.5 Å². The first-order chi connectivity index (χ1) is 8.64. The van der Waals surface area contributed by atoms with Crippen molar-refractivity contribution in [1.82, 2.24) is 4.31 Å². The van der Waals surface area contributed by atoms with Crippen molar-refractivity contribution >= 4 is 15.7 Å². The summed E-state index contributed by atoms with van der Waals surface area (Å²) in [5.74, 6) is -0.498. The molecule has 0 aromatic heterocycles. The maximum atomic E-state index is 12.3. The molecule has 19 heavy (non-hydrogen) atoms. The van der Waals surface area contributed by atoms with Gasteiger partial charge in [0.1, 0.15) is 6.54 Å². The van der Waals surface area contributed by atoms with Gasteiger partial charge in [0.25, 0.3) is 0 Å². The van der Waals surface area contributed by atoms with E-state index in [1.807, 2.05) is 0 Å². The molecule has 0 fully saturated rings. The van der Waals surface area contributed by atoms with E-state index in [4.69, 9.17) is 5.73 Å². The molecule has 0 bridgehead atoms. The molecule has 0 aliphatic carbocycles. The maximum absolute atomic E-state index is 12.3. The zero-order valence-corrected chi connectivity index (χ0v) is 11.1. The molecule has 0 saturated heterocycles. The van der Waals surface area contributed by atoms with Crippen LogP contribution in [0.4, 0.5) is 18.9 Å². The Morgan fingerprint density at radius 2 is 1.95 bits per heavy atom. The fourth-order valence-corrected chi connectivity index (χ4v) is 3.11. The molecule has 2 N–H and O–H groups in total. The lowest BCUT2D eigenvalue weighted by molar-refractivity contribution is -0.135. The van der Waals surface area contributed by atoms with E-state index in [1.165, 1.54) is 19.1 Å². The normalized spacial score (nSPS) is 12.9. The third-order valence-electron chi connectivity index (χ3n) is 2.40. The predicted molar refractivity (Wildman–Crippen MR) is 66.8 cm³/mol. The fourth-order valence-electron chi connectivity index (χ4n) is 1.59. The number of sulfonamides is 1. The Morgan fingerprint density at radius 1 is 1.32 bits per heavy atom. The van der Waals surface area contributed by atoms with Gasteiger partial charge < -0.3 is 5.73 Å². The average Bonchev–Trinajstić information content (AvgIpc) is 2.23. The first kappa shape index (κ1) is 15.8. The van der Waals surface area contributed by atoms with Crippen LogP contribution >= 0.6 is 0 Å². The summed E-state index contributed by atoms with van der Waals surface area (Å²) in [5, 5.41) is 0. The summed E-state index contributed by atoms with van der Waals surface area (Å²) >= 11 is 0. The molecule has 0 atom stereocenters. The van der Waals surface area contributed by atoms with Crippen LogP contribution in [0, 0.1) is 0 Å². The van der Waals surface area contributed by atoms with E-state index < -0.39 is 28.5 Å². The highest BCUT2D eigenvalue weighted by Crippen LogP contribution is 2.20. The van der Waals surface area contributed by atoms with Gasteiger partial charge in [0.2, 0.25) is 10.0 Å². The van der Waals surface area contributed by atoms with E-state index in [0.29, 0.717) is 15.6 Å². The molecule has 1 aromatic rings. The van der Waals surface area contributed by atoms with Crippen LogP contribution in [-0.2, 0) is 15.8 Å². The Kier molecular flexibility index (Phi) is 4.81. The number of nitrogen functional groups attached to an aromatic ring is 1. The molecule has 0 unspecified atom stereocenters. The van der Waals surface area contributed by atoms with E-state index in [2.05, 4.69) is 0 Å². The summed E-state index contributed by atoms with van der Waals surface area (Å²) in [4.78, 5) is 0.